The Hall–Kier alpha value is -4.80. The monoisotopic (exact) mass is 692 g/mol. The smallest absolute Gasteiger partial charge is 0.337 e. The molecular formula is C40H44N4O5S. The molecule has 0 radical (unpaired) electrons. The van der Waals surface area contributed by atoms with Crippen LogP contribution in [0.4, 0.5) is 10.7 Å². The maximum atomic E-state index is 13.8. The lowest BCUT2D eigenvalue weighted by atomic mass is 9.95. The van der Waals surface area contributed by atoms with Crippen molar-refractivity contribution in [2.75, 3.05) is 30.8 Å². The van der Waals surface area contributed by atoms with Crippen LogP contribution in [-0.2, 0) is 41.8 Å². The summed E-state index contributed by atoms with van der Waals surface area (Å²) in [5.41, 5.74) is 6.64. The second kappa shape index (κ2) is 16.3. The summed E-state index contributed by atoms with van der Waals surface area (Å²) in [5, 5.41) is 10.3. The van der Waals surface area contributed by atoms with E-state index in [1.54, 1.807) is 25.1 Å². The number of fused-ring (bicyclic) bond motifs is 1. The van der Waals surface area contributed by atoms with Gasteiger partial charge >= 0.3 is 5.97 Å². The molecule has 6 rings (SSSR count). The molecule has 260 valence electrons. The van der Waals surface area contributed by atoms with Gasteiger partial charge in [0, 0.05) is 48.7 Å². The van der Waals surface area contributed by atoms with E-state index in [2.05, 4.69) is 16.0 Å². The van der Waals surface area contributed by atoms with Crippen molar-refractivity contribution in [3.8, 4) is 0 Å². The van der Waals surface area contributed by atoms with Gasteiger partial charge in [-0.2, -0.15) is 0 Å². The Morgan fingerprint density at radius 3 is 2.16 bits per heavy atom. The van der Waals surface area contributed by atoms with Crippen molar-refractivity contribution in [2.24, 2.45) is 0 Å². The minimum absolute atomic E-state index is 0.124. The van der Waals surface area contributed by atoms with Gasteiger partial charge in [-0.3, -0.25) is 14.4 Å². The van der Waals surface area contributed by atoms with Crippen LogP contribution in [0.1, 0.15) is 90.8 Å². The minimum atomic E-state index is -0.346. The van der Waals surface area contributed by atoms with Gasteiger partial charge in [-0.15, -0.1) is 11.3 Å². The highest BCUT2D eigenvalue weighted by atomic mass is 32.1. The van der Waals surface area contributed by atoms with Crippen LogP contribution in [0.3, 0.4) is 0 Å². The first-order valence-corrected chi connectivity index (χ1v) is 18.2. The van der Waals surface area contributed by atoms with Crippen molar-refractivity contribution in [1.82, 2.24) is 10.2 Å². The predicted molar refractivity (Wildman–Crippen MR) is 197 cm³/mol. The molecule has 0 atom stereocenters. The van der Waals surface area contributed by atoms with Gasteiger partial charge in [0.05, 0.1) is 18.2 Å². The second-order valence-electron chi connectivity index (χ2n) is 13.1. The molecule has 2 aliphatic rings. The fraction of sp³-hybridized carbons (Fsp3) is 0.350. The fourth-order valence-corrected chi connectivity index (χ4v) is 8.00. The number of ether oxygens (including phenoxy) is 1. The molecular weight excluding hydrogens is 649 g/mol. The Morgan fingerprint density at radius 2 is 1.48 bits per heavy atom. The lowest BCUT2D eigenvalue weighted by molar-refractivity contribution is -0.129. The van der Waals surface area contributed by atoms with Crippen LogP contribution < -0.4 is 16.0 Å². The summed E-state index contributed by atoms with van der Waals surface area (Å²) in [5.74, 6) is -0.676. The number of carbonyl (C=O) groups excluding carboxylic acids is 4. The number of likely N-dealkylation sites (tertiary alicyclic amines) is 1. The number of thiophene rings is 1. The molecule has 0 saturated carbocycles. The normalized spacial score (nSPS) is 14.5. The summed E-state index contributed by atoms with van der Waals surface area (Å²) in [6.07, 6.45) is 7.26. The van der Waals surface area contributed by atoms with Crippen molar-refractivity contribution in [2.45, 2.75) is 70.9 Å². The number of rotatable bonds is 11. The topological polar surface area (TPSA) is 117 Å². The summed E-state index contributed by atoms with van der Waals surface area (Å²) in [4.78, 5) is 53.8. The molecule has 3 amide bonds. The second-order valence-corrected chi connectivity index (χ2v) is 14.2. The molecule has 1 aliphatic carbocycles. The van der Waals surface area contributed by atoms with E-state index in [0.29, 0.717) is 40.0 Å². The quantitative estimate of drug-likeness (QED) is 0.149. The summed E-state index contributed by atoms with van der Waals surface area (Å²) >= 11 is 1.51. The zero-order valence-corrected chi connectivity index (χ0v) is 29.5. The number of methoxy groups -OCH3 is 1. The van der Waals surface area contributed by atoms with Crippen LogP contribution >= 0.6 is 11.3 Å². The van der Waals surface area contributed by atoms with Gasteiger partial charge in [-0.05, 0) is 110 Å². The van der Waals surface area contributed by atoms with Crippen LogP contribution in [0.15, 0.2) is 72.8 Å². The van der Waals surface area contributed by atoms with Crippen molar-refractivity contribution in [3.63, 3.8) is 0 Å². The average molecular weight is 693 g/mol. The molecule has 1 aromatic heterocycles. The summed E-state index contributed by atoms with van der Waals surface area (Å²) in [6.45, 7) is 3.78. The van der Waals surface area contributed by atoms with Gasteiger partial charge < -0.3 is 25.6 Å². The molecule has 1 aliphatic heterocycles. The number of anilines is 2. The van der Waals surface area contributed by atoms with E-state index >= 15 is 0 Å². The average Bonchev–Trinajstić information content (AvgIpc) is 3.51. The van der Waals surface area contributed by atoms with Gasteiger partial charge in [0.25, 0.3) is 11.8 Å². The Morgan fingerprint density at radius 1 is 0.800 bits per heavy atom. The molecule has 0 spiro atoms. The number of aryl methyl sites for hydroxylation is 3. The van der Waals surface area contributed by atoms with Crippen molar-refractivity contribution in [1.29, 1.82) is 0 Å². The zero-order chi connectivity index (χ0) is 35.0. The molecule has 1 saturated heterocycles. The first-order valence-electron chi connectivity index (χ1n) is 17.4. The van der Waals surface area contributed by atoms with Gasteiger partial charge in [0.1, 0.15) is 5.00 Å². The molecule has 4 aromatic rings. The molecule has 2 heterocycles. The van der Waals surface area contributed by atoms with Crippen molar-refractivity contribution < 1.29 is 23.9 Å². The van der Waals surface area contributed by atoms with Crippen LogP contribution in [0.5, 0.6) is 0 Å². The number of hydrogen-bond acceptors (Lipinski definition) is 7. The highest BCUT2D eigenvalue weighted by Crippen LogP contribution is 2.39. The van der Waals surface area contributed by atoms with E-state index in [1.807, 2.05) is 59.5 Å². The van der Waals surface area contributed by atoms with Gasteiger partial charge in [-0.1, -0.05) is 36.4 Å². The van der Waals surface area contributed by atoms with Gasteiger partial charge in [0.15, 0.2) is 0 Å². The molecule has 9 nitrogen and oxygen atoms in total. The van der Waals surface area contributed by atoms with E-state index in [4.69, 9.17) is 4.74 Å². The Labute approximate surface area is 297 Å². The standard InChI is InChI=1S/C40H44N4O5S/c1-26(45)44-22-20-32(21-23-44)41-25-29-6-5-7-31(24-29)37(46)43-39-36(34-8-3-4-9-35(34)50-39)38(47)42-33-18-14-28(15-19-33)11-10-27-12-16-30(17-13-27)40(48)49-2/h5-7,12-19,24,32,41H,3-4,8-11,20-23,25H2,1-2H3,(H,42,47)(H,43,46). The van der Waals surface area contributed by atoms with Gasteiger partial charge in [-0.25, -0.2) is 4.79 Å². The van der Waals surface area contributed by atoms with E-state index in [0.717, 1.165) is 86.7 Å². The van der Waals surface area contributed by atoms with Crippen molar-refractivity contribution in [3.05, 3.63) is 117 Å². The molecule has 3 N–H and O–H groups in total. The predicted octanol–water partition coefficient (Wildman–Crippen LogP) is 6.80. The molecule has 0 bridgehead atoms. The van der Waals surface area contributed by atoms with Crippen LogP contribution in [-0.4, -0.2) is 54.8 Å². The van der Waals surface area contributed by atoms with Crippen LogP contribution in [0.2, 0.25) is 0 Å². The fourth-order valence-electron chi connectivity index (χ4n) is 6.72. The zero-order valence-electron chi connectivity index (χ0n) is 28.7. The van der Waals surface area contributed by atoms with Gasteiger partial charge in [0.2, 0.25) is 5.91 Å². The first kappa shape index (κ1) is 35.0. The number of hydrogen-bond donors (Lipinski definition) is 3. The highest BCUT2D eigenvalue weighted by Gasteiger charge is 2.27. The lowest BCUT2D eigenvalue weighted by Gasteiger charge is -2.31. The van der Waals surface area contributed by atoms with Crippen molar-refractivity contribution >= 4 is 45.7 Å². The Balaban J connectivity index is 1.08. The molecule has 50 heavy (non-hydrogen) atoms. The number of benzene rings is 3. The largest absolute Gasteiger partial charge is 0.465 e. The van der Waals surface area contributed by atoms with Crippen LogP contribution in [0, 0.1) is 0 Å². The molecule has 0 unspecified atom stereocenters. The maximum Gasteiger partial charge on any atom is 0.337 e. The van der Waals surface area contributed by atoms with E-state index in [-0.39, 0.29) is 23.7 Å². The van der Waals surface area contributed by atoms with Crippen LogP contribution in [0.25, 0.3) is 0 Å². The third kappa shape index (κ3) is 8.67. The Kier molecular flexibility index (Phi) is 11.4. The lowest BCUT2D eigenvalue weighted by Crippen LogP contribution is -2.43. The summed E-state index contributed by atoms with van der Waals surface area (Å²) in [6, 6.07) is 23.2. The highest BCUT2D eigenvalue weighted by molar-refractivity contribution is 7.17. The Bertz CT molecular complexity index is 1840. The van der Waals surface area contributed by atoms with E-state index in [1.165, 1.54) is 23.3 Å². The third-order valence-electron chi connectivity index (χ3n) is 9.64. The van der Waals surface area contributed by atoms with E-state index in [9.17, 15) is 19.2 Å². The summed E-state index contributed by atoms with van der Waals surface area (Å²) in [7, 11) is 1.37. The number of nitrogens with zero attached hydrogens (tertiary/aromatic N) is 1. The number of piperidine rings is 1. The number of carbonyl (C=O) groups is 4. The number of esters is 1. The number of amides is 3. The van der Waals surface area contributed by atoms with E-state index < -0.39 is 0 Å². The summed E-state index contributed by atoms with van der Waals surface area (Å²) < 4.78 is 4.77. The molecule has 3 aromatic carbocycles. The first-order chi connectivity index (χ1) is 24.3. The SMILES string of the molecule is COC(=O)c1ccc(CCc2ccc(NC(=O)c3c(NC(=O)c4cccc(CNC5CCN(C(C)=O)CC5)c4)sc4c3CCCC4)cc2)cc1. The molecule has 10 heteroatoms. The number of nitrogens with one attached hydrogen (secondary N) is 3. The third-order valence-corrected chi connectivity index (χ3v) is 10.8. The molecule has 1 fully saturated rings. The maximum absolute atomic E-state index is 13.8. The minimum Gasteiger partial charge on any atom is -0.465 e.